The van der Waals surface area contributed by atoms with Gasteiger partial charge in [0, 0.05) is 5.56 Å². The minimum absolute atomic E-state index is 0.170. The Hall–Kier alpha value is -1.18. The summed E-state index contributed by atoms with van der Waals surface area (Å²) in [6.07, 6.45) is 2.42. The first kappa shape index (κ1) is 6.53. The second-order valence-electron chi connectivity index (χ2n) is 2.71. The van der Waals surface area contributed by atoms with E-state index < -0.39 is 0 Å². The van der Waals surface area contributed by atoms with Gasteiger partial charge < -0.3 is 0 Å². The lowest BCUT2D eigenvalue weighted by atomic mass is 9.85. The van der Waals surface area contributed by atoms with E-state index in [-0.39, 0.29) is 5.82 Å². The van der Waals surface area contributed by atoms with Crippen LogP contribution in [0.1, 0.15) is 21.5 Å². The Morgan fingerprint density at radius 3 is 2.55 bits per heavy atom. The topological polar surface area (TPSA) is 17.1 Å². The number of benzene rings is 1. The number of carbonyl (C=O) groups excluding carboxylic acids is 1. The van der Waals surface area contributed by atoms with Crippen LogP contribution in [0.4, 0.5) is 4.39 Å². The SMILES string of the molecule is O=Cc1ccc(F)c2c1CC2. The van der Waals surface area contributed by atoms with Gasteiger partial charge in [-0.25, -0.2) is 4.39 Å². The lowest BCUT2D eigenvalue weighted by Crippen LogP contribution is -2.13. The first-order valence-corrected chi connectivity index (χ1v) is 3.58. The lowest BCUT2D eigenvalue weighted by molar-refractivity contribution is 0.112. The summed E-state index contributed by atoms with van der Waals surface area (Å²) in [5.74, 6) is -0.170. The van der Waals surface area contributed by atoms with Gasteiger partial charge in [-0.2, -0.15) is 0 Å². The molecule has 11 heavy (non-hydrogen) atoms. The van der Waals surface area contributed by atoms with Crippen LogP contribution in [0.2, 0.25) is 0 Å². The zero-order chi connectivity index (χ0) is 7.84. The van der Waals surface area contributed by atoms with Crippen LogP contribution in [-0.4, -0.2) is 6.29 Å². The largest absolute Gasteiger partial charge is 0.298 e. The van der Waals surface area contributed by atoms with Crippen LogP contribution >= 0.6 is 0 Å². The normalized spacial score (nSPS) is 13.5. The van der Waals surface area contributed by atoms with Crippen LogP contribution in [0.3, 0.4) is 0 Å². The minimum Gasteiger partial charge on any atom is -0.298 e. The summed E-state index contributed by atoms with van der Waals surface area (Å²) in [5.41, 5.74) is 2.28. The third-order valence-corrected chi connectivity index (χ3v) is 2.16. The summed E-state index contributed by atoms with van der Waals surface area (Å²) in [6, 6.07) is 2.90. The smallest absolute Gasteiger partial charge is 0.150 e. The van der Waals surface area contributed by atoms with Crippen molar-refractivity contribution in [2.75, 3.05) is 0 Å². The Kier molecular flexibility index (Phi) is 1.28. The van der Waals surface area contributed by atoms with Crippen molar-refractivity contribution < 1.29 is 9.18 Å². The molecule has 0 aliphatic heterocycles. The van der Waals surface area contributed by atoms with Crippen molar-refractivity contribution in [1.29, 1.82) is 0 Å². The van der Waals surface area contributed by atoms with Gasteiger partial charge in [-0.15, -0.1) is 0 Å². The van der Waals surface area contributed by atoms with Crippen LogP contribution in [0.25, 0.3) is 0 Å². The molecule has 2 rings (SSSR count). The van der Waals surface area contributed by atoms with Crippen LogP contribution < -0.4 is 0 Å². The molecule has 0 fully saturated rings. The Labute approximate surface area is 63.8 Å². The molecule has 0 unspecified atom stereocenters. The summed E-state index contributed by atoms with van der Waals surface area (Å²) in [4.78, 5) is 10.4. The van der Waals surface area contributed by atoms with E-state index in [1.54, 1.807) is 6.07 Å². The molecule has 0 amide bonds. The summed E-state index contributed by atoms with van der Waals surface area (Å²) in [7, 11) is 0. The van der Waals surface area contributed by atoms with Gasteiger partial charge in [0.15, 0.2) is 0 Å². The van der Waals surface area contributed by atoms with Crippen molar-refractivity contribution in [3.8, 4) is 0 Å². The molecule has 0 heterocycles. The van der Waals surface area contributed by atoms with Crippen LogP contribution in [0, 0.1) is 5.82 Å². The number of halogens is 1. The first-order valence-electron chi connectivity index (χ1n) is 3.58. The standard InChI is InChI=1S/C9H7FO/c10-9-4-1-6(5-11)7-2-3-8(7)9/h1,4-5H,2-3H2. The highest BCUT2D eigenvalue weighted by molar-refractivity contribution is 5.79. The zero-order valence-electron chi connectivity index (χ0n) is 5.93. The zero-order valence-corrected chi connectivity index (χ0v) is 5.93. The van der Waals surface area contributed by atoms with E-state index in [0.717, 1.165) is 30.3 Å². The second-order valence-corrected chi connectivity index (χ2v) is 2.71. The maximum Gasteiger partial charge on any atom is 0.150 e. The average molecular weight is 150 g/mol. The number of aldehydes is 1. The van der Waals surface area contributed by atoms with Crippen LogP contribution in [0.5, 0.6) is 0 Å². The third-order valence-electron chi connectivity index (χ3n) is 2.16. The summed E-state index contributed by atoms with van der Waals surface area (Å²) in [6.45, 7) is 0. The van der Waals surface area contributed by atoms with Crippen molar-refractivity contribution in [1.82, 2.24) is 0 Å². The van der Waals surface area contributed by atoms with E-state index in [9.17, 15) is 9.18 Å². The van der Waals surface area contributed by atoms with Gasteiger partial charge in [0.1, 0.15) is 12.1 Å². The molecule has 0 bridgehead atoms. The van der Waals surface area contributed by atoms with Crippen LogP contribution in [-0.2, 0) is 12.8 Å². The van der Waals surface area contributed by atoms with E-state index in [4.69, 9.17) is 0 Å². The summed E-state index contributed by atoms with van der Waals surface area (Å²) < 4.78 is 12.8. The van der Waals surface area contributed by atoms with Gasteiger partial charge in [-0.3, -0.25) is 4.79 Å². The highest BCUT2D eigenvalue weighted by Crippen LogP contribution is 2.27. The van der Waals surface area contributed by atoms with Crippen molar-refractivity contribution in [3.63, 3.8) is 0 Å². The Morgan fingerprint density at radius 2 is 2.00 bits per heavy atom. The number of hydrogen-bond donors (Lipinski definition) is 0. The molecular weight excluding hydrogens is 143 g/mol. The van der Waals surface area contributed by atoms with Gasteiger partial charge in [-0.1, -0.05) is 0 Å². The predicted octanol–water partition coefficient (Wildman–Crippen LogP) is 1.74. The van der Waals surface area contributed by atoms with E-state index in [1.807, 2.05) is 0 Å². The first-order chi connectivity index (χ1) is 5.33. The molecule has 56 valence electrons. The maximum absolute atomic E-state index is 12.8. The molecule has 0 N–H and O–H groups in total. The highest BCUT2D eigenvalue weighted by atomic mass is 19.1. The fourth-order valence-corrected chi connectivity index (χ4v) is 1.43. The fraction of sp³-hybridized carbons (Fsp3) is 0.222. The molecule has 1 aliphatic rings. The molecule has 0 spiro atoms. The Morgan fingerprint density at radius 1 is 1.27 bits per heavy atom. The third kappa shape index (κ3) is 0.788. The average Bonchev–Trinajstić information content (AvgIpc) is 1.93. The van der Waals surface area contributed by atoms with Crippen molar-refractivity contribution in [2.45, 2.75) is 12.8 Å². The molecule has 1 nitrogen and oxygen atoms in total. The molecular formula is C9H7FO. The number of hydrogen-bond acceptors (Lipinski definition) is 1. The van der Waals surface area contributed by atoms with E-state index in [0.29, 0.717) is 5.56 Å². The molecule has 0 saturated heterocycles. The fourth-order valence-electron chi connectivity index (χ4n) is 1.43. The maximum atomic E-state index is 12.8. The molecule has 1 aromatic rings. The van der Waals surface area contributed by atoms with Crippen molar-refractivity contribution in [2.24, 2.45) is 0 Å². The van der Waals surface area contributed by atoms with Gasteiger partial charge in [0.05, 0.1) is 0 Å². The molecule has 0 saturated carbocycles. The number of fused-ring (bicyclic) bond motifs is 1. The molecule has 0 aromatic heterocycles. The summed E-state index contributed by atoms with van der Waals surface area (Å²) in [5, 5.41) is 0. The highest BCUT2D eigenvalue weighted by Gasteiger charge is 2.20. The molecule has 0 radical (unpaired) electrons. The lowest BCUT2D eigenvalue weighted by Gasteiger charge is -2.20. The minimum atomic E-state index is -0.170. The van der Waals surface area contributed by atoms with Gasteiger partial charge >= 0.3 is 0 Å². The van der Waals surface area contributed by atoms with E-state index in [2.05, 4.69) is 0 Å². The second kappa shape index (κ2) is 2.16. The van der Waals surface area contributed by atoms with Gasteiger partial charge in [0.2, 0.25) is 0 Å². The van der Waals surface area contributed by atoms with Gasteiger partial charge in [0.25, 0.3) is 0 Å². The van der Waals surface area contributed by atoms with Crippen LogP contribution in [0.15, 0.2) is 12.1 Å². The monoisotopic (exact) mass is 150 g/mol. The Balaban J connectivity index is 2.64. The molecule has 1 aliphatic carbocycles. The van der Waals surface area contributed by atoms with Gasteiger partial charge in [-0.05, 0) is 36.1 Å². The van der Waals surface area contributed by atoms with Crippen molar-refractivity contribution >= 4 is 6.29 Å². The molecule has 0 atom stereocenters. The molecule has 2 heteroatoms. The summed E-state index contributed by atoms with van der Waals surface area (Å²) >= 11 is 0. The molecule has 1 aromatic carbocycles. The predicted molar refractivity (Wildman–Crippen MR) is 39.2 cm³/mol. The van der Waals surface area contributed by atoms with E-state index >= 15 is 0 Å². The quantitative estimate of drug-likeness (QED) is 0.557. The van der Waals surface area contributed by atoms with E-state index in [1.165, 1.54) is 6.07 Å². The number of rotatable bonds is 1. The Bertz CT molecular complexity index is 318. The van der Waals surface area contributed by atoms with Crippen molar-refractivity contribution in [3.05, 3.63) is 34.6 Å². The number of carbonyl (C=O) groups is 1.